The number of benzene rings is 1. The van der Waals surface area contributed by atoms with E-state index in [4.69, 9.17) is 15.2 Å². The number of carbonyl (C=O) groups excluding carboxylic acids is 7. The van der Waals surface area contributed by atoms with Gasteiger partial charge in [-0.2, -0.15) is 0 Å². The average Bonchev–Trinajstić information content (AvgIpc) is 3.90. The number of amides is 7. The molecule has 1 aromatic rings. The zero-order chi connectivity index (χ0) is 52.6. The molecule has 0 radical (unpaired) electrons. The van der Waals surface area contributed by atoms with Crippen LogP contribution in [0.2, 0.25) is 0 Å². The first-order chi connectivity index (χ1) is 33.1. The van der Waals surface area contributed by atoms with Gasteiger partial charge in [0, 0.05) is 66.5 Å². The first kappa shape index (κ1) is 59.6. The Kier molecular flexibility index (Phi) is 24.2. The Morgan fingerprint density at radius 1 is 0.929 bits per heavy atom. The van der Waals surface area contributed by atoms with Crippen LogP contribution in [0.3, 0.4) is 0 Å². The Hall–Kier alpha value is -4.66. The number of hydrogen-bond acceptors (Lipinski definition) is 12. The number of imide groups is 1. The van der Waals surface area contributed by atoms with E-state index in [0.29, 0.717) is 45.1 Å². The van der Waals surface area contributed by atoms with Crippen LogP contribution in [0.1, 0.15) is 112 Å². The second-order valence-electron chi connectivity index (χ2n) is 19.4. The molecule has 2 fully saturated rings. The molecule has 10 atom stereocenters. The Balaban J connectivity index is 1.70. The standard InChI is InChI=1S/C50H80FN7O11S/c1-12-31(6)44(37(68-10)26-40(60)57-24-18-21-36(57)45(69-11)32(7)46(62)53-35(50(66)67)25-33-19-15-16-20-34(33)51)56(9)49(65)42(29(2)3)54-47(63)43(30(4)5)55(8)39(59)22-14-13-17-23-58-41(61)27-38(48(58)64)70-28-52/h15-16,19-20,29-32,35-38,42-45H,12-14,17-18,21-28,52H2,1-11H3,(H,53,62)(H,54,63)(H,66,67)/t31-,32+,35-,36-,37+,38?,42-,43-,44-,45+/m0/s1. The third-order valence-corrected chi connectivity index (χ3v) is 14.9. The summed E-state index contributed by atoms with van der Waals surface area (Å²) in [6.45, 7) is 13.5. The number of nitrogens with two attached hydrogens (primary N) is 1. The Labute approximate surface area is 418 Å². The van der Waals surface area contributed by atoms with Gasteiger partial charge in [-0.15, -0.1) is 11.8 Å². The number of carbonyl (C=O) groups is 8. The van der Waals surface area contributed by atoms with Crippen LogP contribution in [0.25, 0.3) is 0 Å². The smallest absolute Gasteiger partial charge is 0.326 e. The molecule has 0 spiro atoms. The molecule has 0 saturated carbocycles. The summed E-state index contributed by atoms with van der Waals surface area (Å²) >= 11 is 1.25. The lowest BCUT2D eigenvalue weighted by molar-refractivity contribution is -0.149. The summed E-state index contributed by atoms with van der Waals surface area (Å²) in [6, 6.07) is 1.30. The average molecular weight is 1010 g/mol. The van der Waals surface area contributed by atoms with Crippen molar-refractivity contribution in [3.8, 4) is 0 Å². The number of rotatable bonds is 29. The molecule has 20 heteroatoms. The molecule has 2 aliphatic rings. The predicted molar refractivity (Wildman–Crippen MR) is 264 cm³/mol. The van der Waals surface area contributed by atoms with Crippen molar-refractivity contribution in [3.63, 3.8) is 0 Å². The van der Waals surface area contributed by atoms with E-state index in [2.05, 4.69) is 10.6 Å². The first-order valence-electron chi connectivity index (χ1n) is 24.7. The Morgan fingerprint density at radius 2 is 1.60 bits per heavy atom. The number of thioether (sulfide) groups is 1. The van der Waals surface area contributed by atoms with Crippen molar-refractivity contribution in [2.24, 2.45) is 29.4 Å². The largest absolute Gasteiger partial charge is 0.480 e. The van der Waals surface area contributed by atoms with Crippen LogP contribution in [0.5, 0.6) is 0 Å². The van der Waals surface area contributed by atoms with E-state index in [9.17, 15) is 47.9 Å². The second kappa shape index (κ2) is 28.4. The molecule has 18 nitrogen and oxygen atoms in total. The van der Waals surface area contributed by atoms with E-state index >= 15 is 0 Å². The van der Waals surface area contributed by atoms with E-state index in [0.717, 1.165) is 0 Å². The number of halogens is 1. The molecule has 0 bridgehead atoms. The maximum atomic E-state index is 14.6. The molecule has 5 N–H and O–H groups in total. The number of aliphatic carboxylic acids is 1. The Morgan fingerprint density at radius 3 is 2.17 bits per heavy atom. The lowest BCUT2D eigenvalue weighted by Crippen LogP contribution is -2.60. The number of likely N-dealkylation sites (N-methyl/N-ethyl adjacent to an activating group) is 2. The minimum atomic E-state index is -1.41. The topological polar surface area (TPSA) is 238 Å². The van der Waals surface area contributed by atoms with Crippen molar-refractivity contribution in [1.82, 2.24) is 30.2 Å². The zero-order valence-corrected chi connectivity index (χ0v) is 43.9. The number of carboxylic acid groups (broad SMARTS) is 1. The minimum Gasteiger partial charge on any atom is -0.480 e. The van der Waals surface area contributed by atoms with Gasteiger partial charge in [0.15, 0.2) is 0 Å². The number of carboxylic acids is 1. The number of nitrogens with zero attached hydrogens (tertiary/aromatic N) is 4. The summed E-state index contributed by atoms with van der Waals surface area (Å²) in [5.41, 5.74) is 5.70. The highest BCUT2D eigenvalue weighted by molar-refractivity contribution is 8.00. The number of unbranched alkanes of at least 4 members (excludes halogenated alkanes) is 2. The van der Waals surface area contributed by atoms with Crippen molar-refractivity contribution in [2.75, 3.05) is 47.3 Å². The van der Waals surface area contributed by atoms with Crippen molar-refractivity contribution in [2.45, 2.75) is 160 Å². The number of methoxy groups -OCH3 is 2. The van der Waals surface area contributed by atoms with Gasteiger partial charge in [0.25, 0.3) is 0 Å². The molecule has 0 aromatic heterocycles. The quantitative estimate of drug-likeness (QED) is 0.0508. The summed E-state index contributed by atoms with van der Waals surface area (Å²) in [5.74, 6) is -5.89. The van der Waals surface area contributed by atoms with Crippen LogP contribution >= 0.6 is 11.8 Å². The predicted octanol–water partition coefficient (Wildman–Crippen LogP) is 3.82. The van der Waals surface area contributed by atoms with E-state index < -0.39 is 83.1 Å². The van der Waals surface area contributed by atoms with Crippen LogP contribution < -0.4 is 16.4 Å². The third kappa shape index (κ3) is 15.7. The number of likely N-dealkylation sites (tertiary alicyclic amines) is 2. The fraction of sp³-hybridized carbons (Fsp3) is 0.720. The van der Waals surface area contributed by atoms with Gasteiger partial charge in [-0.25, -0.2) is 9.18 Å². The van der Waals surface area contributed by atoms with Gasteiger partial charge < -0.3 is 45.6 Å². The molecule has 70 heavy (non-hydrogen) atoms. The summed E-state index contributed by atoms with van der Waals surface area (Å²) in [5, 5.41) is 15.0. The normalized spacial score (nSPS) is 19.6. The van der Waals surface area contributed by atoms with Crippen LogP contribution in [0.15, 0.2) is 24.3 Å². The fourth-order valence-electron chi connectivity index (χ4n) is 9.78. The van der Waals surface area contributed by atoms with Gasteiger partial charge in [0.2, 0.25) is 41.4 Å². The van der Waals surface area contributed by atoms with Crippen molar-refractivity contribution < 1.29 is 57.3 Å². The first-order valence-corrected chi connectivity index (χ1v) is 25.7. The van der Waals surface area contributed by atoms with Crippen LogP contribution in [-0.4, -0.2) is 167 Å². The second-order valence-corrected chi connectivity index (χ2v) is 20.7. The molecule has 1 unspecified atom stereocenters. The van der Waals surface area contributed by atoms with Gasteiger partial charge in [0.05, 0.1) is 41.9 Å². The molecule has 394 valence electrons. The molecule has 2 aliphatic heterocycles. The van der Waals surface area contributed by atoms with E-state index in [1.165, 1.54) is 54.0 Å². The number of ether oxygens (including phenoxy) is 2. The summed E-state index contributed by atoms with van der Waals surface area (Å²) in [7, 11) is 6.11. The van der Waals surface area contributed by atoms with Gasteiger partial charge in [0.1, 0.15) is 23.9 Å². The maximum Gasteiger partial charge on any atom is 0.326 e. The van der Waals surface area contributed by atoms with Gasteiger partial charge in [-0.3, -0.25) is 38.5 Å². The minimum absolute atomic E-state index is 0.121. The Bertz CT molecular complexity index is 1960. The van der Waals surface area contributed by atoms with Crippen molar-refractivity contribution >= 4 is 59.1 Å². The highest BCUT2D eigenvalue weighted by Gasteiger charge is 2.44. The highest BCUT2D eigenvalue weighted by atomic mass is 32.2. The molecule has 2 saturated heterocycles. The van der Waals surface area contributed by atoms with Crippen LogP contribution in [-0.2, 0) is 54.3 Å². The van der Waals surface area contributed by atoms with E-state index in [-0.39, 0.29) is 85.1 Å². The summed E-state index contributed by atoms with van der Waals surface area (Å²) < 4.78 is 26.3. The fourth-order valence-corrected chi connectivity index (χ4v) is 10.5. The summed E-state index contributed by atoms with van der Waals surface area (Å²) in [6.07, 6.45) is 1.67. The lowest BCUT2D eigenvalue weighted by Gasteiger charge is -2.41. The molecule has 1 aromatic carbocycles. The lowest BCUT2D eigenvalue weighted by atomic mass is 9.89. The molecule has 7 amide bonds. The van der Waals surface area contributed by atoms with Gasteiger partial charge in [-0.1, -0.05) is 79.5 Å². The highest BCUT2D eigenvalue weighted by Crippen LogP contribution is 2.30. The SMILES string of the molecule is CC[C@H](C)[C@@H]([C@@H](CC(=O)N1CCC[C@H]1[C@H](OC)[C@@H](C)C(=O)N[C@@H](Cc1ccccc1F)C(=O)O)OC)N(C)C(=O)[C@@H](NC(=O)[C@H](C(C)C)N(C)C(=O)CCCCCN1C(=O)CC(SCN)C1=O)C(C)C. The molecular formula is C50H80FN7O11S. The van der Waals surface area contributed by atoms with Crippen molar-refractivity contribution in [3.05, 3.63) is 35.6 Å². The molecule has 3 rings (SSSR count). The molecule has 2 heterocycles. The van der Waals surface area contributed by atoms with E-state index in [1.807, 2.05) is 41.5 Å². The number of hydrogen-bond donors (Lipinski definition) is 4. The number of nitrogens with one attached hydrogen (secondary N) is 2. The molecular weight excluding hydrogens is 926 g/mol. The van der Waals surface area contributed by atoms with E-state index in [1.54, 1.807) is 36.9 Å². The van der Waals surface area contributed by atoms with Gasteiger partial charge in [-0.05, 0) is 55.1 Å². The van der Waals surface area contributed by atoms with Crippen molar-refractivity contribution in [1.29, 1.82) is 0 Å². The maximum absolute atomic E-state index is 14.6. The van der Waals surface area contributed by atoms with Gasteiger partial charge >= 0.3 is 5.97 Å². The molecule has 0 aliphatic carbocycles. The zero-order valence-electron chi connectivity index (χ0n) is 43.1. The monoisotopic (exact) mass is 1010 g/mol. The summed E-state index contributed by atoms with van der Waals surface area (Å²) in [4.78, 5) is 113. The third-order valence-electron chi connectivity index (χ3n) is 14.0. The van der Waals surface area contributed by atoms with Crippen LogP contribution in [0.4, 0.5) is 4.39 Å². The van der Waals surface area contributed by atoms with Crippen LogP contribution in [0, 0.1) is 29.5 Å².